The second-order valence-electron chi connectivity index (χ2n) is 6.19. The van der Waals surface area contributed by atoms with Gasteiger partial charge in [-0.25, -0.2) is 0 Å². The highest BCUT2D eigenvalue weighted by Gasteiger charge is 2.16. The maximum atomic E-state index is 3.35. The average molecular weight is 281 g/mol. The Morgan fingerprint density at radius 1 is 1.00 bits per heavy atom. The van der Waals surface area contributed by atoms with Gasteiger partial charge < -0.3 is 10.6 Å². The molecule has 0 bridgehead atoms. The van der Waals surface area contributed by atoms with Crippen LogP contribution in [0.1, 0.15) is 43.0 Å². The Hall–Kier alpha value is -1.15. The first-order valence-corrected chi connectivity index (χ1v) is 6.69. The highest BCUT2D eigenvalue weighted by molar-refractivity contribution is 5.85. The highest BCUT2D eigenvalue weighted by Crippen LogP contribution is 2.27. The van der Waals surface area contributed by atoms with E-state index in [4.69, 9.17) is 0 Å². The average Bonchev–Trinajstić information content (AvgIpc) is 2.74. The normalized spacial score (nSPS) is 14.5. The molecule has 0 amide bonds. The monoisotopic (exact) mass is 280 g/mol. The summed E-state index contributed by atoms with van der Waals surface area (Å²) in [7, 11) is 0. The van der Waals surface area contributed by atoms with E-state index in [0.29, 0.717) is 0 Å². The quantitative estimate of drug-likeness (QED) is 0.823. The summed E-state index contributed by atoms with van der Waals surface area (Å²) in [6, 6.07) is 4.63. The molecular formula is C16H25ClN2. The molecule has 2 rings (SSSR count). The summed E-state index contributed by atoms with van der Waals surface area (Å²) >= 11 is 0. The molecule has 2 N–H and O–H groups in total. The number of nitrogens with one attached hydrogen (secondary N) is 2. The lowest BCUT2D eigenvalue weighted by Gasteiger charge is -2.21. The molecule has 1 aromatic rings. The minimum Gasteiger partial charge on any atom is -0.370 e. The third-order valence-corrected chi connectivity index (χ3v) is 3.50. The van der Waals surface area contributed by atoms with E-state index in [1.54, 1.807) is 0 Å². The van der Waals surface area contributed by atoms with E-state index >= 15 is 0 Å². The SMILES string of the molecule is Cc1cc(C(C)(C)C)cc(C)c1C=C1NCCN1.Cl. The van der Waals surface area contributed by atoms with Crippen LogP contribution in [-0.2, 0) is 5.41 Å². The smallest absolute Gasteiger partial charge is 0.0993 e. The van der Waals surface area contributed by atoms with E-state index in [1.807, 2.05) is 0 Å². The van der Waals surface area contributed by atoms with Crippen LogP contribution in [0.2, 0.25) is 0 Å². The topological polar surface area (TPSA) is 24.1 Å². The molecule has 1 aliphatic rings. The van der Waals surface area contributed by atoms with Gasteiger partial charge in [-0.1, -0.05) is 32.9 Å². The van der Waals surface area contributed by atoms with Crippen molar-refractivity contribution in [2.45, 2.75) is 40.0 Å². The Morgan fingerprint density at radius 3 is 1.89 bits per heavy atom. The van der Waals surface area contributed by atoms with Crippen LogP contribution in [0.5, 0.6) is 0 Å². The lowest BCUT2D eigenvalue weighted by Crippen LogP contribution is -2.13. The molecule has 0 radical (unpaired) electrons. The number of benzene rings is 1. The fourth-order valence-corrected chi connectivity index (χ4v) is 2.34. The first kappa shape index (κ1) is 15.9. The van der Waals surface area contributed by atoms with Gasteiger partial charge in [-0.05, 0) is 47.6 Å². The van der Waals surface area contributed by atoms with Gasteiger partial charge in [-0.15, -0.1) is 12.4 Å². The molecule has 2 nitrogen and oxygen atoms in total. The summed E-state index contributed by atoms with van der Waals surface area (Å²) in [5.74, 6) is 1.14. The Bertz CT molecular complexity index is 453. The van der Waals surface area contributed by atoms with Crippen molar-refractivity contribution in [3.8, 4) is 0 Å². The zero-order valence-corrected chi connectivity index (χ0v) is 13.4. The van der Waals surface area contributed by atoms with Crippen LogP contribution in [0, 0.1) is 13.8 Å². The molecule has 1 aromatic carbocycles. The summed E-state index contributed by atoms with van der Waals surface area (Å²) in [4.78, 5) is 0. The number of hydrogen-bond acceptors (Lipinski definition) is 2. The second-order valence-corrected chi connectivity index (χ2v) is 6.19. The Morgan fingerprint density at radius 2 is 1.47 bits per heavy atom. The first-order valence-electron chi connectivity index (χ1n) is 6.69. The third-order valence-electron chi connectivity index (χ3n) is 3.50. The number of halogens is 1. The molecule has 0 spiro atoms. The van der Waals surface area contributed by atoms with Gasteiger partial charge in [-0.2, -0.15) is 0 Å². The molecule has 106 valence electrons. The van der Waals surface area contributed by atoms with Crippen LogP contribution in [0.25, 0.3) is 6.08 Å². The van der Waals surface area contributed by atoms with E-state index in [0.717, 1.165) is 18.9 Å². The number of hydrogen-bond donors (Lipinski definition) is 2. The lowest BCUT2D eigenvalue weighted by molar-refractivity contribution is 0.589. The standard InChI is InChI=1S/C16H24N2.ClH/c1-11-8-13(16(3,4)5)9-12(2)14(11)10-15-17-6-7-18-15;/h8-10,17-18H,6-7H2,1-5H3;1H. The summed E-state index contributed by atoms with van der Waals surface area (Å²) in [6.07, 6.45) is 2.23. The van der Waals surface area contributed by atoms with Crippen molar-refractivity contribution in [3.05, 3.63) is 40.2 Å². The van der Waals surface area contributed by atoms with Crippen molar-refractivity contribution < 1.29 is 0 Å². The molecule has 1 saturated heterocycles. The van der Waals surface area contributed by atoms with Gasteiger partial charge in [0.25, 0.3) is 0 Å². The molecular weight excluding hydrogens is 256 g/mol. The van der Waals surface area contributed by atoms with Crippen molar-refractivity contribution in [2.24, 2.45) is 0 Å². The highest BCUT2D eigenvalue weighted by atomic mass is 35.5. The molecule has 0 saturated carbocycles. The molecule has 1 aliphatic heterocycles. The van der Waals surface area contributed by atoms with Gasteiger partial charge in [0.2, 0.25) is 0 Å². The molecule has 0 aliphatic carbocycles. The predicted octanol–water partition coefficient (Wildman–Crippen LogP) is 3.51. The van der Waals surface area contributed by atoms with Crippen LogP contribution in [-0.4, -0.2) is 13.1 Å². The maximum Gasteiger partial charge on any atom is 0.0993 e. The van der Waals surface area contributed by atoms with E-state index in [-0.39, 0.29) is 17.8 Å². The van der Waals surface area contributed by atoms with Gasteiger partial charge in [-0.3, -0.25) is 0 Å². The van der Waals surface area contributed by atoms with Gasteiger partial charge >= 0.3 is 0 Å². The van der Waals surface area contributed by atoms with Crippen LogP contribution in [0.4, 0.5) is 0 Å². The molecule has 0 atom stereocenters. The molecule has 0 aromatic heterocycles. The van der Waals surface area contributed by atoms with E-state index < -0.39 is 0 Å². The Balaban J connectivity index is 0.00000180. The molecule has 0 unspecified atom stereocenters. The Kier molecular flexibility index (Phi) is 4.92. The fourth-order valence-electron chi connectivity index (χ4n) is 2.34. The van der Waals surface area contributed by atoms with Crippen LogP contribution in [0.15, 0.2) is 18.0 Å². The summed E-state index contributed by atoms with van der Waals surface area (Å²) < 4.78 is 0. The van der Waals surface area contributed by atoms with Gasteiger partial charge in [0.15, 0.2) is 0 Å². The second kappa shape index (κ2) is 5.87. The number of aryl methyl sites for hydroxylation is 2. The van der Waals surface area contributed by atoms with Gasteiger partial charge in [0.1, 0.15) is 0 Å². The van der Waals surface area contributed by atoms with E-state index in [2.05, 4.69) is 63.5 Å². The largest absolute Gasteiger partial charge is 0.370 e. The fraction of sp³-hybridized carbons (Fsp3) is 0.500. The van der Waals surface area contributed by atoms with Gasteiger partial charge in [0.05, 0.1) is 5.82 Å². The summed E-state index contributed by atoms with van der Waals surface area (Å²) in [5.41, 5.74) is 5.66. The maximum absolute atomic E-state index is 3.35. The zero-order chi connectivity index (χ0) is 13.3. The summed E-state index contributed by atoms with van der Waals surface area (Å²) in [6.45, 7) is 13.2. The minimum atomic E-state index is 0. The van der Waals surface area contributed by atoms with Gasteiger partial charge in [0, 0.05) is 13.1 Å². The van der Waals surface area contributed by atoms with Crippen molar-refractivity contribution >= 4 is 18.5 Å². The predicted molar refractivity (Wildman–Crippen MR) is 85.8 cm³/mol. The van der Waals surface area contributed by atoms with Crippen LogP contribution >= 0.6 is 12.4 Å². The van der Waals surface area contributed by atoms with Crippen molar-refractivity contribution in [2.75, 3.05) is 13.1 Å². The van der Waals surface area contributed by atoms with E-state index in [9.17, 15) is 0 Å². The summed E-state index contributed by atoms with van der Waals surface area (Å²) in [5, 5.41) is 6.71. The Labute approximate surface area is 123 Å². The first-order chi connectivity index (χ1) is 8.38. The number of rotatable bonds is 1. The minimum absolute atomic E-state index is 0. The molecule has 19 heavy (non-hydrogen) atoms. The van der Waals surface area contributed by atoms with Crippen molar-refractivity contribution in [1.29, 1.82) is 0 Å². The van der Waals surface area contributed by atoms with Crippen molar-refractivity contribution in [1.82, 2.24) is 10.6 Å². The molecule has 1 heterocycles. The van der Waals surface area contributed by atoms with E-state index in [1.165, 1.54) is 22.3 Å². The lowest BCUT2D eigenvalue weighted by atomic mass is 9.84. The van der Waals surface area contributed by atoms with Crippen LogP contribution in [0.3, 0.4) is 0 Å². The third kappa shape index (κ3) is 3.66. The molecule has 1 fully saturated rings. The van der Waals surface area contributed by atoms with Crippen LogP contribution < -0.4 is 10.6 Å². The molecule has 3 heteroatoms. The zero-order valence-electron chi connectivity index (χ0n) is 12.6. The van der Waals surface area contributed by atoms with Crippen molar-refractivity contribution in [3.63, 3.8) is 0 Å².